The predicted octanol–water partition coefficient (Wildman–Crippen LogP) is 4.09. The van der Waals surface area contributed by atoms with Gasteiger partial charge in [-0.25, -0.2) is 4.98 Å². The molecular weight excluding hydrogens is 277 g/mol. The van der Waals surface area contributed by atoms with E-state index in [1.165, 1.54) is 11.3 Å². The van der Waals surface area contributed by atoms with Crippen LogP contribution in [0.3, 0.4) is 0 Å². The highest BCUT2D eigenvalue weighted by Crippen LogP contribution is 2.25. The summed E-state index contributed by atoms with van der Waals surface area (Å²) in [6.45, 7) is 1.71. The molecule has 90 valence electrons. The molecule has 0 saturated carbocycles. The lowest BCUT2D eigenvalue weighted by Gasteiger charge is -2.01. The minimum absolute atomic E-state index is 0.520. The summed E-state index contributed by atoms with van der Waals surface area (Å²) in [5.41, 5.74) is 1.77. The summed E-state index contributed by atoms with van der Waals surface area (Å²) in [5.74, 6) is 0. The first-order valence-corrected chi connectivity index (χ1v) is 6.76. The lowest BCUT2D eigenvalue weighted by atomic mass is 10.1. The molecule has 2 aromatic rings. The summed E-state index contributed by atoms with van der Waals surface area (Å²) >= 11 is 13.3. The fourth-order valence-electron chi connectivity index (χ4n) is 1.42. The van der Waals surface area contributed by atoms with E-state index in [1.54, 1.807) is 13.0 Å². The molecule has 17 heavy (non-hydrogen) atoms. The average Bonchev–Trinajstić information content (AvgIpc) is 2.72. The number of halogens is 2. The molecule has 0 spiro atoms. The second kappa shape index (κ2) is 5.36. The van der Waals surface area contributed by atoms with Crippen LogP contribution in [-0.4, -0.2) is 10.1 Å². The molecule has 0 fully saturated rings. The van der Waals surface area contributed by atoms with E-state index < -0.39 is 6.10 Å². The average molecular weight is 288 g/mol. The highest BCUT2D eigenvalue weighted by atomic mass is 35.5. The Hall–Kier alpha value is -0.610. The Balaban J connectivity index is 2.16. The van der Waals surface area contributed by atoms with Crippen molar-refractivity contribution in [1.29, 1.82) is 0 Å². The van der Waals surface area contributed by atoms with Crippen LogP contribution < -0.4 is 0 Å². The number of aromatic nitrogens is 1. The van der Waals surface area contributed by atoms with Crippen LogP contribution >= 0.6 is 34.5 Å². The van der Waals surface area contributed by atoms with Gasteiger partial charge in [-0.3, -0.25) is 0 Å². The molecule has 0 aliphatic carbocycles. The van der Waals surface area contributed by atoms with Crippen molar-refractivity contribution in [2.45, 2.75) is 19.4 Å². The number of thiazole rings is 1. The molecule has 1 aromatic carbocycles. The molecule has 0 saturated heterocycles. The number of benzene rings is 1. The largest absolute Gasteiger partial charge is 0.387 e. The summed E-state index contributed by atoms with van der Waals surface area (Å²) in [6.07, 6.45) is 0.183. The van der Waals surface area contributed by atoms with Crippen LogP contribution in [0.5, 0.6) is 0 Å². The number of aliphatic hydroxyl groups excluding tert-OH is 1. The van der Waals surface area contributed by atoms with Gasteiger partial charge in [0.25, 0.3) is 0 Å². The standard InChI is InChI=1S/C12H11Cl2NOS/c1-7(16)11-6-17-12(15-11)5-8-2-3-9(13)10(14)4-8/h2-4,6-7,16H,5H2,1H3. The van der Waals surface area contributed by atoms with Gasteiger partial charge in [0.15, 0.2) is 0 Å². The monoisotopic (exact) mass is 287 g/mol. The molecule has 2 rings (SSSR count). The third kappa shape index (κ3) is 3.19. The third-order valence-corrected chi connectivity index (χ3v) is 3.94. The van der Waals surface area contributed by atoms with Gasteiger partial charge >= 0.3 is 0 Å². The van der Waals surface area contributed by atoms with E-state index in [1.807, 2.05) is 17.5 Å². The molecule has 0 aliphatic heterocycles. The molecule has 0 aliphatic rings. The van der Waals surface area contributed by atoms with Crippen molar-refractivity contribution in [2.24, 2.45) is 0 Å². The second-order valence-corrected chi connectivity index (χ2v) is 5.52. The molecular formula is C12H11Cl2NOS. The summed E-state index contributed by atoms with van der Waals surface area (Å²) in [5, 5.41) is 13.3. The van der Waals surface area contributed by atoms with E-state index in [2.05, 4.69) is 4.98 Å². The third-order valence-electron chi connectivity index (χ3n) is 2.34. The fourth-order valence-corrected chi connectivity index (χ4v) is 2.66. The Kier molecular flexibility index (Phi) is 4.05. The highest BCUT2D eigenvalue weighted by Gasteiger charge is 2.08. The van der Waals surface area contributed by atoms with Gasteiger partial charge in [0.2, 0.25) is 0 Å². The van der Waals surface area contributed by atoms with Crippen molar-refractivity contribution in [1.82, 2.24) is 4.98 Å². The van der Waals surface area contributed by atoms with Crippen LogP contribution in [0.4, 0.5) is 0 Å². The van der Waals surface area contributed by atoms with Gasteiger partial charge in [0.05, 0.1) is 26.9 Å². The summed E-state index contributed by atoms with van der Waals surface area (Å²) in [7, 11) is 0. The predicted molar refractivity (Wildman–Crippen MR) is 72.0 cm³/mol. The molecule has 5 heteroatoms. The van der Waals surface area contributed by atoms with Gasteiger partial charge in [0.1, 0.15) is 0 Å². The van der Waals surface area contributed by atoms with E-state index >= 15 is 0 Å². The van der Waals surface area contributed by atoms with Crippen molar-refractivity contribution < 1.29 is 5.11 Å². The summed E-state index contributed by atoms with van der Waals surface area (Å²) in [4.78, 5) is 4.35. The van der Waals surface area contributed by atoms with Crippen LogP contribution in [0.15, 0.2) is 23.6 Å². The van der Waals surface area contributed by atoms with Crippen molar-refractivity contribution in [3.63, 3.8) is 0 Å². The van der Waals surface area contributed by atoms with Gasteiger partial charge in [-0.2, -0.15) is 0 Å². The Morgan fingerprint density at radius 1 is 1.35 bits per heavy atom. The normalized spacial score (nSPS) is 12.7. The Bertz CT molecular complexity index is 525. The molecule has 0 amide bonds. The topological polar surface area (TPSA) is 33.1 Å². The maximum atomic E-state index is 9.39. The van der Waals surface area contributed by atoms with E-state index in [0.717, 1.165) is 10.6 Å². The maximum Gasteiger partial charge on any atom is 0.0973 e. The van der Waals surface area contributed by atoms with Crippen molar-refractivity contribution in [3.8, 4) is 0 Å². The van der Waals surface area contributed by atoms with Gasteiger partial charge in [0, 0.05) is 11.8 Å². The molecule has 1 atom stereocenters. The van der Waals surface area contributed by atoms with Gasteiger partial charge < -0.3 is 5.11 Å². The first kappa shape index (κ1) is 12.8. The summed E-state index contributed by atoms with van der Waals surface area (Å²) < 4.78 is 0. The van der Waals surface area contributed by atoms with Crippen LogP contribution in [0, 0.1) is 0 Å². The van der Waals surface area contributed by atoms with Crippen LogP contribution in [-0.2, 0) is 6.42 Å². The first-order valence-electron chi connectivity index (χ1n) is 5.12. The summed E-state index contributed by atoms with van der Waals surface area (Å²) in [6, 6.07) is 5.55. The van der Waals surface area contributed by atoms with E-state index in [0.29, 0.717) is 22.2 Å². The Labute approximate surface area is 114 Å². The fraction of sp³-hybridized carbons (Fsp3) is 0.250. The molecule has 0 radical (unpaired) electrons. The highest BCUT2D eigenvalue weighted by molar-refractivity contribution is 7.09. The first-order chi connectivity index (χ1) is 8.06. The number of nitrogens with zero attached hydrogens (tertiary/aromatic N) is 1. The smallest absolute Gasteiger partial charge is 0.0973 e. The zero-order chi connectivity index (χ0) is 12.4. The SMILES string of the molecule is CC(O)c1csc(Cc2ccc(Cl)c(Cl)c2)n1. The molecule has 1 unspecified atom stereocenters. The molecule has 1 N–H and O–H groups in total. The van der Waals surface area contributed by atoms with Crippen molar-refractivity contribution >= 4 is 34.5 Å². The van der Waals surface area contributed by atoms with Crippen molar-refractivity contribution in [3.05, 3.63) is 49.9 Å². The number of aliphatic hydroxyl groups is 1. The van der Waals surface area contributed by atoms with Crippen molar-refractivity contribution in [2.75, 3.05) is 0 Å². The number of hydrogen-bond donors (Lipinski definition) is 1. The minimum atomic E-state index is -0.520. The number of hydrogen-bond acceptors (Lipinski definition) is 3. The Morgan fingerprint density at radius 3 is 2.71 bits per heavy atom. The lowest BCUT2D eigenvalue weighted by Crippen LogP contribution is -1.93. The lowest BCUT2D eigenvalue weighted by molar-refractivity contribution is 0.195. The number of rotatable bonds is 3. The van der Waals surface area contributed by atoms with Gasteiger partial charge in [-0.15, -0.1) is 11.3 Å². The quantitative estimate of drug-likeness (QED) is 0.922. The van der Waals surface area contributed by atoms with Gasteiger partial charge in [-0.1, -0.05) is 29.3 Å². The molecule has 0 bridgehead atoms. The van der Waals surface area contributed by atoms with E-state index in [4.69, 9.17) is 23.2 Å². The second-order valence-electron chi connectivity index (χ2n) is 3.77. The minimum Gasteiger partial charge on any atom is -0.387 e. The zero-order valence-electron chi connectivity index (χ0n) is 9.15. The maximum absolute atomic E-state index is 9.39. The molecule has 1 heterocycles. The molecule has 1 aromatic heterocycles. The van der Waals surface area contributed by atoms with Crippen LogP contribution in [0.25, 0.3) is 0 Å². The van der Waals surface area contributed by atoms with Gasteiger partial charge in [-0.05, 0) is 24.6 Å². The zero-order valence-corrected chi connectivity index (χ0v) is 11.5. The Morgan fingerprint density at radius 2 is 2.12 bits per heavy atom. The van der Waals surface area contributed by atoms with Crippen LogP contribution in [0.1, 0.15) is 29.3 Å². The molecule has 2 nitrogen and oxygen atoms in total. The van der Waals surface area contributed by atoms with E-state index in [-0.39, 0.29) is 0 Å². The van der Waals surface area contributed by atoms with E-state index in [9.17, 15) is 5.11 Å². The van der Waals surface area contributed by atoms with Crippen LogP contribution in [0.2, 0.25) is 10.0 Å².